The van der Waals surface area contributed by atoms with E-state index in [2.05, 4.69) is 20.9 Å². The monoisotopic (exact) mass is 439 g/mol. The normalized spacial score (nSPS) is 14.6. The number of urea groups is 1. The zero-order chi connectivity index (χ0) is 22.8. The lowest BCUT2D eigenvalue weighted by Crippen LogP contribution is -2.41. The number of rotatable bonds is 8. The molecule has 1 aliphatic rings. The summed E-state index contributed by atoms with van der Waals surface area (Å²) in [7, 11) is 3.37. The van der Waals surface area contributed by atoms with Crippen molar-refractivity contribution in [3.05, 3.63) is 54.1 Å². The summed E-state index contributed by atoms with van der Waals surface area (Å²) in [5.74, 6) is 2.20. The Balaban J connectivity index is 1.45. The van der Waals surface area contributed by atoms with Gasteiger partial charge < -0.3 is 30.3 Å². The first-order valence-electron chi connectivity index (χ1n) is 11.0. The number of hydrogen-bond acceptors (Lipinski definition) is 4. The van der Waals surface area contributed by atoms with Gasteiger partial charge in [0.15, 0.2) is 5.96 Å². The number of nitrogens with zero attached hydrogens (tertiary/aromatic N) is 2. The van der Waals surface area contributed by atoms with E-state index in [1.165, 1.54) is 0 Å². The van der Waals surface area contributed by atoms with Crippen molar-refractivity contribution in [1.29, 1.82) is 0 Å². The summed E-state index contributed by atoms with van der Waals surface area (Å²) in [4.78, 5) is 18.4. The molecule has 2 amide bonds. The number of anilines is 1. The number of methoxy groups -OCH3 is 1. The van der Waals surface area contributed by atoms with Crippen LogP contribution in [0.1, 0.15) is 25.3 Å². The Kier molecular flexibility index (Phi) is 8.60. The van der Waals surface area contributed by atoms with Crippen molar-refractivity contribution in [2.24, 2.45) is 4.99 Å². The maximum atomic E-state index is 12.3. The Bertz CT molecular complexity index is 912. The van der Waals surface area contributed by atoms with E-state index in [9.17, 15) is 4.79 Å². The van der Waals surface area contributed by atoms with E-state index >= 15 is 0 Å². The molecule has 1 unspecified atom stereocenters. The van der Waals surface area contributed by atoms with Gasteiger partial charge in [0.05, 0.1) is 13.7 Å². The number of aliphatic imine (C=N–C) groups is 1. The fraction of sp³-hybridized carbons (Fsp3) is 0.417. The standard InChI is InChI=1S/C24H33N5O3/c1-18(32-22-11-7-10-21(15-22)31-3)16-26-23(25-2)27-17-19-8-6-9-20(14-19)28-24(30)29-12-4-5-13-29/h6-11,14-15,18H,4-5,12-13,16-17H2,1-3H3,(H,28,30)(H2,25,26,27). The number of hydrogen-bond donors (Lipinski definition) is 3. The van der Waals surface area contributed by atoms with Gasteiger partial charge >= 0.3 is 6.03 Å². The average Bonchev–Trinajstić information content (AvgIpc) is 3.35. The molecule has 1 aliphatic heterocycles. The molecule has 1 fully saturated rings. The molecule has 3 N–H and O–H groups in total. The van der Waals surface area contributed by atoms with Crippen LogP contribution >= 0.6 is 0 Å². The van der Waals surface area contributed by atoms with Crippen LogP contribution in [0.4, 0.5) is 10.5 Å². The van der Waals surface area contributed by atoms with Crippen molar-refractivity contribution < 1.29 is 14.3 Å². The summed E-state index contributed by atoms with van der Waals surface area (Å²) in [5, 5.41) is 9.56. The minimum Gasteiger partial charge on any atom is -0.497 e. The molecule has 172 valence electrons. The summed E-state index contributed by atoms with van der Waals surface area (Å²) in [6.07, 6.45) is 2.09. The summed E-state index contributed by atoms with van der Waals surface area (Å²) in [6, 6.07) is 15.4. The summed E-state index contributed by atoms with van der Waals surface area (Å²) < 4.78 is 11.2. The lowest BCUT2D eigenvalue weighted by Gasteiger charge is -2.18. The van der Waals surface area contributed by atoms with Crippen molar-refractivity contribution in [1.82, 2.24) is 15.5 Å². The van der Waals surface area contributed by atoms with Gasteiger partial charge in [-0.2, -0.15) is 0 Å². The SMILES string of the molecule is CN=C(NCc1cccc(NC(=O)N2CCCC2)c1)NCC(C)Oc1cccc(OC)c1. The number of amides is 2. The topological polar surface area (TPSA) is 87.2 Å². The van der Waals surface area contributed by atoms with E-state index in [0.29, 0.717) is 19.0 Å². The van der Waals surface area contributed by atoms with E-state index in [1.54, 1.807) is 14.2 Å². The Labute approximate surface area is 190 Å². The highest BCUT2D eigenvalue weighted by Crippen LogP contribution is 2.19. The minimum atomic E-state index is -0.0650. The number of benzene rings is 2. The number of ether oxygens (including phenoxy) is 2. The second-order valence-corrected chi connectivity index (χ2v) is 7.74. The van der Waals surface area contributed by atoms with Gasteiger partial charge in [-0.15, -0.1) is 0 Å². The van der Waals surface area contributed by atoms with Crippen LogP contribution < -0.4 is 25.4 Å². The van der Waals surface area contributed by atoms with Crippen molar-refractivity contribution in [2.75, 3.05) is 39.1 Å². The number of guanidine groups is 1. The fourth-order valence-corrected chi connectivity index (χ4v) is 3.48. The van der Waals surface area contributed by atoms with Crippen LogP contribution in [0, 0.1) is 0 Å². The van der Waals surface area contributed by atoms with Crippen molar-refractivity contribution in [3.8, 4) is 11.5 Å². The average molecular weight is 440 g/mol. The minimum absolute atomic E-state index is 0.0323. The second-order valence-electron chi connectivity index (χ2n) is 7.74. The van der Waals surface area contributed by atoms with Crippen LogP contribution in [0.5, 0.6) is 11.5 Å². The van der Waals surface area contributed by atoms with Gasteiger partial charge in [0, 0.05) is 38.4 Å². The molecule has 1 atom stereocenters. The second kappa shape index (κ2) is 11.8. The Morgan fingerprint density at radius 3 is 2.59 bits per heavy atom. The van der Waals surface area contributed by atoms with Gasteiger partial charge in [0.25, 0.3) is 0 Å². The molecule has 32 heavy (non-hydrogen) atoms. The molecule has 2 aromatic rings. The summed E-state index contributed by atoms with van der Waals surface area (Å²) >= 11 is 0. The smallest absolute Gasteiger partial charge is 0.321 e. The molecule has 0 saturated carbocycles. The van der Waals surface area contributed by atoms with Crippen LogP contribution in [-0.2, 0) is 6.54 Å². The third-order valence-corrected chi connectivity index (χ3v) is 5.19. The Morgan fingerprint density at radius 1 is 1.09 bits per heavy atom. The van der Waals surface area contributed by atoms with Crippen LogP contribution in [-0.4, -0.2) is 56.8 Å². The largest absolute Gasteiger partial charge is 0.497 e. The van der Waals surface area contributed by atoms with Crippen LogP contribution in [0.25, 0.3) is 0 Å². The van der Waals surface area contributed by atoms with Crippen LogP contribution in [0.3, 0.4) is 0 Å². The van der Waals surface area contributed by atoms with E-state index in [-0.39, 0.29) is 12.1 Å². The molecule has 0 aromatic heterocycles. The highest BCUT2D eigenvalue weighted by molar-refractivity contribution is 5.89. The lowest BCUT2D eigenvalue weighted by atomic mass is 10.2. The van der Waals surface area contributed by atoms with Gasteiger partial charge in [-0.3, -0.25) is 4.99 Å². The number of nitrogens with one attached hydrogen (secondary N) is 3. The predicted octanol–water partition coefficient (Wildman–Crippen LogP) is 3.46. The van der Waals surface area contributed by atoms with Crippen LogP contribution in [0.2, 0.25) is 0 Å². The molecule has 1 heterocycles. The third kappa shape index (κ3) is 7.08. The van der Waals surface area contributed by atoms with E-state index in [4.69, 9.17) is 9.47 Å². The quantitative estimate of drug-likeness (QED) is 0.433. The first kappa shape index (κ1) is 23.2. The highest BCUT2D eigenvalue weighted by atomic mass is 16.5. The summed E-state index contributed by atoms with van der Waals surface area (Å²) in [5.41, 5.74) is 1.84. The molecule has 1 saturated heterocycles. The van der Waals surface area contributed by atoms with Crippen LogP contribution in [0.15, 0.2) is 53.5 Å². The fourth-order valence-electron chi connectivity index (χ4n) is 3.48. The van der Waals surface area contributed by atoms with Gasteiger partial charge in [0.1, 0.15) is 17.6 Å². The highest BCUT2D eigenvalue weighted by Gasteiger charge is 2.17. The summed E-state index contributed by atoms with van der Waals surface area (Å²) in [6.45, 7) is 4.82. The van der Waals surface area contributed by atoms with E-state index in [0.717, 1.165) is 48.7 Å². The molecule has 0 radical (unpaired) electrons. The van der Waals surface area contributed by atoms with Gasteiger partial charge in [-0.05, 0) is 49.6 Å². The number of carbonyl (C=O) groups excluding carboxylic acids is 1. The Morgan fingerprint density at radius 2 is 1.84 bits per heavy atom. The van der Waals surface area contributed by atoms with Crippen molar-refractivity contribution >= 4 is 17.7 Å². The van der Waals surface area contributed by atoms with Gasteiger partial charge in [-0.1, -0.05) is 18.2 Å². The van der Waals surface area contributed by atoms with Crippen molar-refractivity contribution in [3.63, 3.8) is 0 Å². The maximum Gasteiger partial charge on any atom is 0.321 e. The first-order valence-corrected chi connectivity index (χ1v) is 11.0. The zero-order valence-electron chi connectivity index (χ0n) is 19.1. The van der Waals surface area contributed by atoms with E-state index in [1.807, 2.05) is 60.4 Å². The number of carbonyl (C=O) groups is 1. The molecule has 8 nitrogen and oxygen atoms in total. The Hall–Kier alpha value is -3.42. The molecular formula is C24H33N5O3. The zero-order valence-corrected chi connectivity index (χ0v) is 19.1. The van der Waals surface area contributed by atoms with Gasteiger partial charge in [0.2, 0.25) is 0 Å². The molecule has 0 spiro atoms. The molecular weight excluding hydrogens is 406 g/mol. The molecule has 2 aromatic carbocycles. The molecule has 0 aliphatic carbocycles. The molecule has 3 rings (SSSR count). The lowest BCUT2D eigenvalue weighted by molar-refractivity contribution is 0.222. The van der Waals surface area contributed by atoms with Gasteiger partial charge in [-0.25, -0.2) is 4.79 Å². The molecule has 0 bridgehead atoms. The predicted molar refractivity (Wildman–Crippen MR) is 128 cm³/mol. The maximum absolute atomic E-state index is 12.3. The van der Waals surface area contributed by atoms with Crippen molar-refractivity contribution in [2.45, 2.75) is 32.4 Å². The molecule has 8 heteroatoms. The first-order chi connectivity index (χ1) is 15.6. The van der Waals surface area contributed by atoms with E-state index < -0.39 is 0 Å². The number of likely N-dealkylation sites (tertiary alicyclic amines) is 1. The third-order valence-electron chi connectivity index (χ3n) is 5.19.